The Morgan fingerprint density at radius 1 is 1.30 bits per heavy atom. The summed E-state index contributed by atoms with van der Waals surface area (Å²) in [4.78, 5) is -0.0552. The molecule has 4 nitrogen and oxygen atoms in total. The molecule has 20 heavy (non-hydrogen) atoms. The molecule has 1 N–H and O–H groups in total. The molecule has 2 rings (SSSR count). The minimum Gasteiger partial charge on any atom is -0.313 e. The third-order valence-electron chi connectivity index (χ3n) is 2.68. The van der Waals surface area contributed by atoms with Crippen molar-refractivity contribution < 1.29 is 8.78 Å². The molecule has 0 saturated carbocycles. The van der Waals surface area contributed by atoms with Crippen LogP contribution < -0.4 is 5.32 Å². The molecule has 7 heteroatoms. The lowest BCUT2D eigenvalue weighted by Gasteiger charge is -2.08. The number of hydrogen-bond acceptors (Lipinski definition) is 4. The molecule has 0 fully saturated rings. The molecule has 0 amide bonds. The van der Waals surface area contributed by atoms with Crippen molar-refractivity contribution in [2.24, 2.45) is 7.05 Å². The summed E-state index contributed by atoms with van der Waals surface area (Å²) in [5.41, 5.74) is 0.593. The van der Waals surface area contributed by atoms with Crippen LogP contribution in [0.5, 0.6) is 0 Å². The fraction of sp³-hybridized carbons (Fsp3) is 0.385. The van der Waals surface area contributed by atoms with Gasteiger partial charge in [0.25, 0.3) is 0 Å². The van der Waals surface area contributed by atoms with Gasteiger partial charge in [0.15, 0.2) is 5.16 Å². The third kappa shape index (κ3) is 3.55. The zero-order chi connectivity index (χ0) is 14.5. The molecule has 0 aliphatic rings. The van der Waals surface area contributed by atoms with Crippen molar-refractivity contribution >= 4 is 11.8 Å². The van der Waals surface area contributed by atoms with Crippen LogP contribution in [0.3, 0.4) is 0 Å². The van der Waals surface area contributed by atoms with Gasteiger partial charge in [-0.3, -0.25) is 0 Å². The zero-order valence-corrected chi connectivity index (χ0v) is 12.2. The van der Waals surface area contributed by atoms with Gasteiger partial charge in [-0.25, -0.2) is 8.78 Å². The molecular formula is C13H16F2N4S. The van der Waals surface area contributed by atoms with Crippen molar-refractivity contribution in [3.63, 3.8) is 0 Å². The fourth-order valence-corrected chi connectivity index (χ4v) is 2.45. The molecule has 1 aromatic carbocycles. The predicted octanol–water partition coefficient (Wildman–Crippen LogP) is 2.74. The van der Waals surface area contributed by atoms with E-state index in [-0.39, 0.29) is 4.90 Å². The van der Waals surface area contributed by atoms with Gasteiger partial charge in [0.1, 0.15) is 18.0 Å². The van der Waals surface area contributed by atoms with Gasteiger partial charge in [-0.05, 0) is 42.4 Å². The Kier molecular flexibility index (Phi) is 5.08. The average Bonchev–Trinajstić information content (AvgIpc) is 2.80. The smallest absolute Gasteiger partial charge is 0.195 e. The van der Waals surface area contributed by atoms with Crippen LogP contribution in [0.4, 0.5) is 8.78 Å². The lowest BCUT2D eigenvalue weighted by atomic mass is 10.2. The summed E-state index contributed by atoms with van der Waals surface area (Å²) in [6.07, 6.45) is 2.46. The van der Waals surface area contributed by atoms with Crippen molar-refractivity contribution in [2.45, 2.75) is 29.9 Å². The highest BCUT2D eigenvalue weighted by atomic mass is 32.2. The first-order chi connectivity index (χ1) is 9.61. The molecule has 0 bridgehead atoms. The van der Waals surface area contributed by atoms with Crippen LogP contribution >= 0.6 is 11.8 Å². The second-order valence-corrected chi connectivity index (χ2v) is 5.37. The van der Waals surface area contributed by atoms with Gasteiger partial charge in [-0.2, -0.15) is 0 Å². The molecule has 0 atom stereocenters. The summed E-state index contributed by atoms with van der Waals surface area (Å²) in [5, 5.41) is 11.0. The molecule has 0 spiro atoms. The molecule has 0 aliphatic carbocycles. The molecule has 0 aliphatic heterocycles. The highest BCUT2D eigenvalue weighted by Gasteiger charge is 2.15. The van der Waals surface area contributed by atoms with E-state index in [1.54, 1.807) is 11.6 Å². The average molecular weight is 298 g/mol. The molecule has 0 radical (unpaired) electrons. The highest BCUT2D eigenvalue weighted by Crippen LogP contribution is 2.31. The summed E-state index contributed by atoms with van der Waals surface area (Å²) >= 11 is 0.930. The van der Waals surface area contributed by atoms with Crippen LogP contribution in [-0.2, 0) is 13.6 Å². The van der Waals surface area contributed by atoms with Crippen molar-refractivity contribution in [1.29, 1.82) is 0 Å². The van der Waals surface area contributed by atoms with Gasteiger partial charge in [0.2, 0.25) is 0 Å². The predicted molar refractivity (Wildman–Crippen MR) is 73.5 cm³/mol. The van der Waals surface area contributed by atoms with Gasteiger partial charge in [0.05, 0.1) is 4.90 Å². The number of nitrogens with one attached hydrogen (secondary N) is 1. The first-order valence-electron chi connectivity index (χ1n) is 6.32. The standard InChI is InChI=1S/C13H16F2N4S/c1-3-4-16-7-9-5-10(14)12(11(15)6-9)20-13-18-17-8-19(13)2/h5-6,8,16H,3-4,7H2,1-2H3. The van der Waals surface area contributed by atoms with E-state index in [9.17, 15) is 8.78 Å². The second kappa shape index (κ2) is 6.81. The monoisotopic (exact) mass is 298 g/mol. The van der Waals surface area contributed by atoms with Crippen LogP contribution in [-0.4, -0.2) is 21.3 Å². The van der Waals surface area contributed by atoms with Crippen LogP contribution in [0, 0.1) is 11.6 Å². The number of benzene rings is 1. The third-order valence-corrected chi connectivity index (χ3v) is 3.82. The Morgan fingerprint density at radius 2 is 2.00 bits per heavy atom. The van der Waals surface area contributed by atoms with E-state index >= 15 is 0 Å². The number of rotatable bonds is 6. The summed E-state index contributed by atoms with van der Waals surface area (Å²) < 4.78 is 29.6. The van der Waals surface area contributed by atoms with E-state index in [4.69, 9.17) is 0 Å². The molecule has 1 aromatic heterocycles. The van der Waals surface area contributed by atoms with Crippen LogP contribution in [0.2, 0.25) is 0 Å². The Bertz CT molecular complexity index is 562. The van der Waals surface area contributed by atoms with Crippen molar-refractivity contribution in [2.75, 3.05) is 6.54 Å². The topological polar surface area (TPSA) is 42.7 Å². The second-order valence-electron chi connectivity index (χ2n) is 4.39. The number of nitrogens with zero attached hydrogens (tertiary/aromatic N) is 3. The summed E-state index contributed by atoms with van der Waals surface area (Å²) in [7, 11) is 1.72. The minimum absolute atomic E-state index is 0.0552. The summed E-state index contributed by atoms with van der Waals surface area (Å²) in [6, 6.07) is 2.70. The first-order valence-corrected chi connectivity index (χ1v) is 7.14. The number of aromatic nitrogens is 3. The van der Waals surface area contributed by atoms with E-state index in [0.717, 1.165) is 24.7 Å². The molecule has 0 saturated heterocycles. The van der Waals surface area contributed by atoms with E-state index < -0.39 is 11.6 Å². The van der Waals surface area contributed by atoms with Crippen molar-refractivity contribution in [3.05, 3.63) is 35.7 Å². The van der Waals surface area contributed by atoms with E-state index in [1.807, 2.05) is 6.92 Å². The van der Waals surface area contributed by atoms with E-state index in [2.05, 4.69) is 15.5 Å². The maximum Gasteiger partial charge on any atom is 0.195 e. The maximum atomic E-state index is 14.0. The molecule has 108 valence electrons. The Morgan fingerprint density at radius 3 is 2.55 bits per heavy atom. The van der Waals surface area contributed by atoms with E-state index in [0.29, 0.717) is 17.3 Å². The lowest BCUT2D eigenvalue weighted by molar-refractivity contribution is 0.533. The fourth-order valence-electron chi connectivity index (χ4n) is 1.68. The summed E-state index contributed by atoms with van der Waals surface area (Å²) in [6.45, 7) is 3.31. The molecular weight excluding hydrogens is 282 g/mol. The first kappa shape index (κ1) is 14.9. The highest BCUT2D eigenvalue weighted by molar-refractivity contribution is 7.99. The van der Waals surface area contributed by atoms with Gasteiger partial charge >= 0.3 is 0 Å². The zero-order valence-electron chi connectivity index (χ0n) is 11.4. The Labute approximate surface area is 120 Å². The van der Waals surface area contributed by atoms with Crippen molar-refractivity contribution in [3.8, 4) is 0 Å². The number of hydrogen-bond donors (Lipinski definition) is 1. The van der Waals surface area contributed by atoms with Crippen LogP contribution in [0.15, 0.2) is 28.5 Å². The van der Waals surface area contributed by atoms with Gasteiger partial charge in [-0.1, -0.05) is 6.92 Å². The minimum atomic E-state index is -0.578. The molecule has 0 unspecified atom stereocenters. The largest absolute Gasteiger partial charge is 0.313 e. The normalized spacial score (nSPS) is 11.0. The number of aryl methyl sites for hydroxylation is 1. The Balaban J connectivity index is 2.16. The molecule has 2 aromatic rings. The van der Waals surface area contributed by atoms with Crippen LogP contribution in [0.1, 0.15) is 18.9 Å². The van der Waals surface area contributed by atoms with E-state index in [1.165, 1.54) is 18.5 Å². The number of halogens is 2. The van der Waals surface area contributed by atoms with Gasteiger partial charge < -0.3 is 9.88 Å². The Hall–Kier alpha value is -1.47. The van der Waals surface area contributed by atoms with Gasteiger partial charge in [0, 0.05) is 13.6 Å². The summed E-state index contributed by atoms with van der Waals surface area (Å²) in [5.74, 6) is -1.16. The van der Waals surface area contributed by atoms with Gasteiger partial charge in [-0.15, -0.1) is 10.2 Å². The molecule has 1 heterocycles. The van der Waals surface area contributed by atoms with Crippen LogP contribution in [0.25, 0.3) is 0 Å². The van der Waals surface area contributed by atoms with Crippen molar-refractivity contribution in [1.82, 2.24) is 20.1 Å². The SMILES string of the molecule is CCCNCc1cc(F)c(Sc2nncn2C)c(F)c1. The maximum absolute atomic E-state index is 14.0. The quantitative estimate of drug-likeness (QED) is 0.833. The lowest BCUT2D eigenvalue weighted by Crippen LogP contribution is -2.14.